The standard InChI is InChI=1S/C15H20N2O4/c1-9-7-10(13(18)19)8-12(16-9)17(11-5-6-11)14(20)21-15(2,3)4/h7-8,11H,5-6H2,1-4H3,(H,18,19). The number of carboxylic acids is 1. The molecule has 0 bridgehead atoms. The molecule has 1 aromatic rings. The molecule has 0 aliphatic heterocycles. The second-order valence-corrected chi connectivity index (χ2v) is 6.24. The van der Waals surface area contributed by atoms with E-state index >= 15 is 0 Å². The summed E-state index contributed by atoms with van der Waals surface area (Å²) >= 11 is 0. The Kier molecular flexibility index (Phi) is 3.89. The molecule has 0 radical (unpaired) electrons. The van der Waals surface area contributed by atoms with E-state index in [0.717, 1.165) is 12.8 Å². The third-order valence-corrected chi connectivity index (χ3v) is 2.94. The van der Waals surface area contributed by atoms with Gasteiger partial charge in [-0.2, -0.15) is 0 Å². The van der Waals surface area contributed by atoms with E-state index in [1.807, 2.05) is 0 Å². The van der Waals surface area contributed by atoms with Crippen molar-refractivity contribution < 1.29 is 19.4 Å². The molecule has 1 aromatic heterocycles. The van der Waals surface area contributed by atoms with Crippen LogP contribution in [0.3, 0.4) is 0 Å². The minimum atomic E-state index is -1.04. The summed E-state index contributed by atoms with van der Waals surface area (Å²) < 4.78 is 5.40. The first-order valence-corrected chi connectivity index (χ1v) is 6.91. The summed E-state index contributed by atoms with van der Waals surface area (Å²) in [7, 11) is 0. The zero-order valence-corrected chi connectivity index (χ0v) is 12.7. The number of aryl methyl sites for hydroxylation is 1. The van der Waals surface area contributed by atoms with E-state index in [9.17, 15) is 9.59 Å². The fourth-order valence-electron chi connectivity index (χ4n) is 1.97. The van der Waals surface area contributed by atoms with Gasteiger partial charge in [0.05, 0.1) is 5.56 Å². The van der Waals surface area contributed by atoms with Gasteiger partial charge in [-0.05, 0) is 52.7 Å². The van der Waals surface area contributed by atoms with Gasteiger partial charge in [0.25, 0.3) is 0 Å². The molecule has 0 saturated heterocycles. The van der Waals surface area contributed by atoms with Crippen LogP contribution in [0, 0.1) is 6.92 Å². The zero-order valence-electron chi connectivity index (χ0n) is 12.7. The Balaban J connectivity index is 2.35. The predicted molar refractivity (Wildman–Crippen MR) is 77.7 cm³/mol. The van der Waals surface area contributed by atoms with Gasteiger partial charge in [0.15, 0.2) is 0 Å². The summed E-state index contributed by atoms with van der Waals surface area (Å²) in [6.07, 6.45) is 1.26. The maximum absolute atomic E-state index is 12.3. The van der Waals surface area contributed by atoms with Crippen molar-refractivity contribution in [3.05, 3.63) is 23.4 Å². The summed E-state index contributed by atoms with van der Waals surface area (Å²) in [6.45, 7) is 7.09. The quantitative estimate of drug-likeness (QED) is 0.926. The minimum absolute atomic E-state index is 0.0378. The molecule has 1 amide bonds. The molecule has 0 aromatic carbocycles. The van der Waals surface area contributed by atoms with Crippen molar-refractivity contribution in [1.82, 2.24) is 4.98 Å². The van der Waals surface area contributed by atoms with Gasteiger partial charge in [0, 0.05) is 11.7 Å². The van der Waals surface area contributed by atoms with Gasteiger partial charge in [0.2, 0.25) is 0 Å². The average Bonchev–Trinajstić information content (AvgIpc) is 3.10. The third kappa shape index (κ3) is 3.93. The molecular formula is C15H20N2O4. The summed E-state index contributed by atoms with van der Waals surface area (Å²) in [6, 6.07) is 2.93. The number of carbonyl (C=O) groups excluding carboxylic acids is 1. The lowest BCUT2D eigenvalue weighted by Crippen LogP contribution is -2.39. The molecule has 1 N–H and O–H groups in total. The average molecular weight is 292 g/mol. The lowest BCUT2D eigenvalue weighted by atomic mass is 10.2. The van der Waals surface area contributed by atoms with Crippen LogP contribution in [0.15, 0.2) is 12.1 Å². The Morgan fingerprint density at radius 2 is 1.95 bits per heavy atom. The number of anilines is 1. The van der Waals surface area contributed by atoms with Crippen LogP contribution in [0.25, 0.3) is 0 Å². The summed E-state index contributed by atoms with van der Waals surface area (Å²) in [5.74, 6) is -0.703. The SMILES string of the molecule is Cc1cc(C(=O)O)cc(N(C(=O)OC(C)(C)C)C2CC2)n1. The number of carbonyl (C=O) groups is 2. The molecule has 0 spiro atoms. The highest BCUT2D eigenvalue weighted by atomic mass is 16.6. The van der Waals surface area contributed by atoms with Gasteiger partial charge >= 0.3 is 12.1 Å². The maximum Gasteiger partial charge on any atom is 0.416 e. The van der Waals surface area contributed by atoms with E-state index in [2.05, 4.69) is 4.98 Å². The van der Waals surface area contributed by atoms with E-state index in [0.29, 0.717) is 11.5 Å². The van der Waals surface area contributed by atoms with Crippen LogP contribution in [-0.4, -0.2) is 33.8 Å². The number of rotatable bonds is 3. The second-order valence-electron chi connectivity index (χ2n) is 6.24. The normalized spacial score (nSPS) is 14.7. The van der Waals surface area contributed by atoms with Crippen LogP contribution in [-0.2, 0) is 4.74 Å². The Labute approximate surface area is 123 Å². The molecule has 1 aliphatic rings. The van der Waals surface area contributed by atoms with Gasteiger partial charge < -0.3 is 9.84 Å². The van der Waals surface area contributed by atoms with E-state index in [-0.39, 0.29) is 11.6 Å². The minimum Gasteiger partial charge on any atom is -0.478 e. The largest absolute Gasteiger partial charge is 0.478 e. The van der Waals surface area contributed by atoms with Crippen molar-refractivity contribution in [3.8, 4) is 0 Å². The molecule has 2 rings (SSSR count). The van der Waals surface area contributed by atoms with Crippen LogP contribution in [0.2, 0.25) is 0 Å². The molecule has 1 heterocycles. The molecule has 1 aliphatic carbocycles. The Hall–Kier alpha value is -2.11. The van der Waals surface area contributed by atoms with E-state index in [1.165, 1.54) is 17.0 Å². The van der Waals surface area contributed by atoms with Gasteiger partial charge in [0.1, 0.15) is 11.4 Å². The van der Waals surface area contributed by atoms with Crippen LogP contribution in [0.5, 0.6) is 0 Å². The number of pyridine rings is 1. The first kappa shape index (κ1) is 15.3. The first-order valence-electron chi connectivity index (χ1n) is 6.91. The van der Waals surface area contributed by atoms with Crippen LogP contribution in [0.1, 0.15) is 49.7 Å². The van der Waals surface area contributed by atoms with Gasteiger partial charge in [-0.3, -0.25) is 4.90 Å². The summed E-state index contributed by atoms with van der Waals surface area (Å²) in [5, 5.41) is 9.13. The highest BCUT2D eigenvalue weighted by Crippen LogP contribution is 2.32. The fourth-order valence-corrected chi connectivity index (χ4v) is 1.97. The van der Waals surface area contributed by atoms with E-state index in [4.69, 9.17) is 9.84 Å². The molecule has 0 unspecified atom stereocenters. The Bertz CT molecular complexity index is 574. The van der Waals surface area contributed by atoms with Crippen molar-refractivity contribution in [2.24, 2.45) is 0 Å². The number of aromatic carboxylic acids is 1. The highest BCUT2D eigenvalue weighted by Gasteiger charge is 2.37. The lowest BCUT2D eigenvalue weighted by Gasteiger charge is -2.27. The maximum atomic E-state index is 12.3. The van der Waals surface area contributed by atoms with Crippen molar-refractivity contribution in [2.45, 2.75) is 52.2 Å². The molecule has 6 heteroatoms. The molecule has 6 nitrogen and oxygen atoms in total. The van der Waals surface area contributed by atoms with Crippen molar-refractivity contribution in [3.63, 3.8) is 0 Å². The molecule has 1 saturated carbocycles. The highest BCUT2D eigenvalue weighted by molar-refractivity contribution is 5.92. The monoisotopic (exact) mass is 292 g/mol. The number of carboxylic acid groups (broad SMARTS) is 1. The van der Waals surface area contributed by atoms with Crippen LogP contribution >= 0.6 is 0 Å². The topological polar surface area (TPSA) is 79.7 Å². The lowest BCUT2D eigenvalue weighted by molar-refractivity contribution is 0.0574. The smallest absolute Gasteiger partial charge is 0.416 e. The molecule has 21 heavy (non-hydrogen) atoms. The van der Waals surface area contributed by atoms with Crippen LogP contribution in [0.4, 0.5) is 10.6 Å². The van der Waals surface area contributed by atoms with Crippen molar-refractivity contribution >= 4 is 17.9 Å². The molecule has 1 fully saturated rings. The Morgan fingerprint density at radius 3 is 2.43 bits per heavy atom. The molecular weight excluding hydrogens is 272 g/mol. The summed E-state index contributed by atoms with van der Waals surface area (Å²) in [4.78, 5) is 29.3. The molecule has 0 atom stereocenters. The number of aromatic nitrogens is 1. The van der Waals surface area contributed by atoms with Gasteiger partial charge in [-0.25, -0.2) is 14.6 Å². The Morgan fingerprint density at radius 1 is 1.33 bits per heavy atom. The van der Waals surface area contributed by atoms with E-state index < -0.39 is 17.7 Å². The number of ether oxygens (including phenoxy) is 1. The summed E-state index contributed by atoms with van der Waals surface area (Å²) in [5.41, 5.74) is 0.0646. The van der Waals surface area contributed by atoms with E-state index in [1.54, 1.807) is 27.7 Å². The first-order chi connectivity index (χ1) is 9.67. The molecule has 114 valence electrons. The van der Waals surface area contributed by atoms with Crippen molar-refractivity contribution in [1.29, 1.82) is 0 Å². The number of hydrogen-bond donors (Lipinski definition) is 1. The second kappa shape index (κ2) is 5.35. The van der Waals surface area contributed by atoms with Gasteiger partial charge in [-0.15, -0.1) is 0 Å². The van der Waals surface area contributed by atoms with Crippen molar-refractivity contribution in [2.75, 3.05) is 4.90 Å². The predicted octanol–water partition coefficient (Wildman–Crippen LogP) is 2.99. The third-order valence-electron chi connectivity index (χ3n) is 2.94. The fraction of sp³-hybridized carbons (Fsp3) is 0.533. The number of hydrogen-bond acceptors (Lipinski definition) is 4. The zero-order chi connectivity index (χ0) is 15.8. The van der Waals surface area contributed by atoms with Gasteiger partial charge in [-0.1, -0.05) is 0 Å². The van der Waals surface area contributed by atoms with Crippen LogP contribution < -0.4 is 4.90 Å². The number of amides is 1. The number of nitrogens with zero attached hydrogens (tertiary/aromatic N) is 2.